The van der Waals surface area contributed by atoms with Gasteiger partial charge in [0.25, 0.3) is 5.91 Å². The Morgan fingerprint density at radius 1 is 1.33 bits per heavy atom. The Balaban J connectivity index is 1.91. The molecular weight excluding hydrogens is 244 g/mol. The van der Waals surface area contributed by atoms with E-state index in [1.807, 2.05) is 11.0 Å². The highest BCUT2D eigenvalue weighted by Crippen LogP contribution is 2.18. The Morgan fingerprint density at radius 2 is 2.06 bits per heavy atom. The fraction of sp³-hybridized carbons (Fsp3) is 0.643. The first-order valence-electron chi connectivity index (χ1n) is 6.96. The maximum Gasteiger partial charge on any atom is 0.264 e. The van der Waals surface area contributed by atoms with Gasteiger partial charge in [0.2, 0.25) is 0 Å². The maximum atomic E-state index is 12.3. The molecule has 1 saturated heterocycles. The molecule has 0 radical (unpaired) electrons. The van der Waals surface area contributed by atoms with Crippen LogP contribution in [-0.4, -0.2) is 43.5 Å². The van der Waals surface area contributed by atoms with Crippen LogP contribution >= 0.6 is 11.3 Å². The minimum atomic E-state index is 0.232. The summed E-state index contributed by atoms with van der Waals surface area (Å²) in [6.07, 6.45) is 2.25. The minimum Gasteiger partial charge on any atom is -0.332 e. The number of aryl methyl sites for hydroxylation is 1. The van der Waals surface area contributed by atoms with Crippen LogP contribution in [0, 0.1) is 0 Å². The van der Waals surface area contributed by atoms with E-state index in [2.05, 4.69) is 19.9 Å². The quantitative estimate of drug-likeness (QED) is 0.867. The van der Waals surface area contributed by atoms with Crippen molar-refractivity contribution >= 4 is 17.2 Å². The third-order valence-electron chi connectivity index (χ3n) is 3.58. The number of hydrogen-bond donors (Lipinski definition) is 1. The number of amides is 1. The average molecular weight is 267 g/mol. The first-order chi connectivity index (χ1) is 8.74. The van der Waals surface area contributed by atoms with Gasteiger partial charge in [0.15, 0.2) is 0 Å². The lowest BCUT2D eigenvalue weighted by molar-refractivity contribution is -0.904. The van der Waals surface area contributed by atoms with E-state index in [1.54, 1.807) is 16.2 Å². The molecule has 0 unspecified atom stereocenters. The second-order valence-electron chi connectivity index (χ2n) is 4.91. The first-order valence-corrected chi connectivity index (χ1v) is 7.77. The maximum absolute atomic E-state index is 12.3. The molecule has 0 aromatic carbocycles. The highest BCUT2D eigenvalue weighted by molar-refractivity contribution is 7.14. The van der Waals surface area contributed by atoms with E-state index >= 15 is 0 Å². The zero-order valence-corrected chi connectivity index (χ0v) is 12.2. The van der Waals surface area contributed by atoms with Crippen molar-refractivity contribution in [1.29, 1.82) is 0 Å². The summed E-state index contributed by atoms with van der Waals surface area (Å²) >= 11 is 1.65. The fourth-order valence-corrected chi connectivity index (χ4v) is 3.38. The summed E-state index contributed by atoms with van der Waals surface area (Å²) < 4.78 is 0. The Morgan fingerprint density at radius 3 is 2.61 bits per heavy atom. The molecule has 1 aliphatic rings. The van der Waals surface area contributed by atoms with E-state index < -0.39 is 0 Å². The van der Waals surface area contributed by atoms with E-state index in [0.29, 0.717) is 0 Å². The molecule has 0 bridgehead atoms. The Kier molecular flexibility index (Phi) is 4.78. The summed E-state index contributed by atoms with van der Waals surface area (Å²) in [5.74, 6) is 0.232. The summed E-state index contributed by atoms with van der Waals surface area (Å²) in [6.45, 7) is 9.62. The largest absolute Gasteiger partial charge is 0.332 e. The Labute approximate surface area is 113 Å². The van der Waals surface area contributed by atoms with Crippen LogP contribution in [0.25, 0.3) is 0 Å². The van der Waals surface area contributed by atoms with Gasteiger partial charge in [0.05, 0.1) is 37.6 Å². The minimum absolute atomic E-state index is 0.232. The number of carbonyl (C=O) groups is 1. The molecule has 1 aromatic rings. The molecule has 0 atom stereocenters. The Bertz CT molecular complexity index is 394. The molecule has 2 rings (SSSR count). The van der Waals surface area contributed by atoms with Crippen LogP contribution in [0.3, 0.4) is 0 Å². The normalized spacial score (nSPS) is 17.1. The van der Waals surface area contributed by atoms with Gasteiger partial charge in [-0.25, -0.2) is 0 Å². The molecular formula is C14H23N2OS+. The highest BCUT2D eigenvalue weighted by atomic mass is 32.1. The van der Waals surface area contributed by atoms with E-state index in [9.17, 15) is 4.79 Å². The van der Waals surface area contributed by atoms with Crippen molar-refractivity contribution in [2.75, 3.05) is 32.7 Å². The van der Waals surface area contributed by atoms with Gasteiger partial charge in [-0.05, 0) is 25.0 Å². The number of nitrogens with zero attached hydrogens (tertiary/aromatic N) is 1. The van der Waals surface area contributed by atoms with E-state index in [4.69, 9.17) is 0 Å². The highest BCUT2D eigenvalue weighted by Gasteiger charge is 2.24. The number of thiophene rings is 1. The number of piperazine rings is 1. The van der Waals surface area contributed by atoms with Crippen LogP contribution in [0.1, 0.15) is 34.8 Å². The van der Waals surface area contributed by atoms with Crippen molar-refractivity contribution < 1.29 is 9.69 Å². The topological polar surface area (TPSA) is 24.8 Å². The van der Waals surface area contributed by atoms with Gasteiger partial charge in [-0.1, -0.05) is 13.8 Å². The number of nitrogens with one attached hydrogen (secondary N) is 1. The monoisotopic (exact) mass is 267 g/mol. The molecule has 0 spiro atoms. The third kappa shape index (κ3) is 3.12. The molecule has 4 heteroatoms. The van der Waals surface area contributed by atoms with Gasteiger partial charge in [-0.3, -0.25) is 4.79 Å². The molecule has 1 amide bonds. The summed E-state index contributed by atoms with van der Waals surface area (Å²) in [4.78, 5) is 18.2. The van der Waals surface area contributed by atoms with Crippen LogP contribution < -0.4 is 4.90 Å². The fourth-order valence-electron chi connectivity index (χ4n) is 2.47. The summed E-state index contributed by atoms with van der Waals surface area (Å²) in [5.41, 5.74) is 0. The van der Waals surface area contributed by atoms with Crippen molar-refractivity contribution in [2.45, 2.75) is 26.7 Å². The van der Waals surface area contributed by atoms with Gasteiger partial charge in [-0.2, -0.15) is 0 Å². The lowest BCUT2D eigenvalue weighted by atomic mass is 10.2. The zero-order chi connectivity index (χ0) is 13.0. The summed E-state index contributed by atoms with van der Waals surface area (Å²) in [7, 11) is 0. The smallest absolute Gasteiger partial charge is 0.264 e. The standard InChI is InChI=1S/C14H22N2OS/c1-3-7-15-8-10-16(11-9-15)14(17)13-6-5-12(4-2)18-13/h5-6H,3-4,7-11H2,1-2H3/p+1. The first kappa shape index (κ1) is 13.6. The van der Waals surface area contributed by atoms with Crippen LogP contribution in [0.4, 0.5) is 0 Å². The van der Waals surface area contributed by atoms with Crippen molar-refractivity contribution in [1.82, 2.24) is 4.90 Å². The number of quaternary nitrogens is 1. The number of rotatable bonds is 4. The van der Waals surface area contributed by atoms with Crippen LogP contribution in [-0.2, 0) is 6.42 Å². The third-order valence-corrected chi connectivity index (χ3v) is 4.80. The molecule has 1 fully saturated rings. The molecule has 1 aromatic heterocycles. The molecule has 3 nitrogen and oxygen atoms in total. The van der Waals surface area contributed by atoms with Crippen LogP contribution in [0.2, 0.25) is 0 Å². The van der Waals surface area contributed by atoms with Crippen molar-refractivity contribution in [3.8, 4) is 0 Å². The molecule has 0 saturated carbocycles. The number of carbonyl (C=O) groups excluding carboxylic acids is 1. The predicted octanol–water partition coefficient (Wildman–Crippen LogP) is 1.06. The van der Waals surface area contributed by atoms with Crippen molar-refractivity contribution in [3.63, 3.8) is 0 Å². The van der Waals surface area contributed by atoms with Crippen LogP contribution in [0.5, 0.6) is 0 Å². The van der Waals surface area contributed by atoms with Crippen LogP contribution in [0.15, 0.2) is 12.1 Å². The Hall–Kier alpha value is -0.870. The zero-order valence-electron chi connectivity index (χ0n) is 11.4. The van der Waals surface area contributed by atoms with E-state index in [-0.39, 0.29) is 5.91 Å². The van der Waals surface area contributed by atoms with E-state index in [1.165, 1.54) is 17.8 Å². The molecule has 1 N–H and O–H groups in total. The van der Waals surface area contributed by atoms with Crippen molar-refractivity contribution in [3.05, 3.63) is 21.9 Å². The van der Waals surface area contributed by atoms with E-state index in [0.717, 1.165) is 37.5 Å². The summed E-state index contributed by atoms with van der Waals surface area (Å²) in [6, 6.07) is 4.06. The predicted molar refractivity (Wildman–Crippen MR) is 75.5 cm³/mol. The molecule has 100 valence electrons. The summed E-state index contributed by atoms with van der Waals surface area (Å²) in [5, 5.41) is 0. The molecule has 18 heavy (non-hydrogen) atoms. The van der Waals surface area contributed by atoms with Gasteiger partial charge >= 0.3 is 0 Å². The lowest BCUT2D eigenvalue weighted by Crippen LogP contribution is -3.14. The average Bonchev–Trinajstić information content (AvgIpc) is 2.88. The van der Waals surface area contributed by atoms with Gasteiger partial charge in [-0.15, -0.1) is 11.3 Å². The van der Waals surface area contributed by atoms with Crippen molar-refractivity contribution in [2.24, 2.45) is 0 Å². The number of hydrogen-bond acceptors (Lipinski definition) is 2. The van der Waals surface area contributed by atoms with Gasteiger partial charge < -0.3 is 9.80 Å². The lowest BCUT2D eigenvalue weighted by Gasteiger charge is -2.31. The SMILES string of the molecule is CCC[NH+]1CCN(C(=O)c2ccc(CC)s2)CC1. The molecule has 2 heterocycles. The van der Waals surface area contributed by atoms with Gasteiger partial charge in [0.1, 0.15) is 0 Å². The van der Waals surface area contributed by atoms with Gasteiger partial charge in [0, 0.05) is 4.88 Å². The molecule has 0 aliphatic carbocycles. The second kappa shape index (κ2) is 6.34. The second-order valence-corrected chi connectivity index (χ2v) is 6.08. The molecule has 1 aliphatic heterocycles.